The van der Waals surface area contributed by atoms with Crippen LogP contribution in [0.4, 0.5) is 5.69 Å². The van der Waals surface area contributed by atoms with Gasteiger partial charge in [0.2, 0.25) is 0 Å². The quantitative estimate of drug-likeness (QED) is 0.855. The summed E-state index contributed by atoms with van der Waals surface area (Å²) in [4.78, 5) is 13.9. The van der Waals surface area contributed by atoms with Crippen LogP contribution < -0.4 is 4.90 Å². The van der Waals surface area contributed by atoms with Crippen LogP contribution in [0.15, 0.2) is 41.0 Å². The summed E-state index contributed by atoms with van der Waals surface area (Å²) < 4.78 is 2.64. The normalized spacial score (nSPS) is 10.0. The van der Waals surface area contributed by atoms with Crippen LogP contribution in [0.2, 0.25) is 0 Å². The first-order valence-corrected chi connectivity index (χ1v) is 6.42. The topological polar surface area (TPSA) is 49.0 Å². The average molecular weight is 318 g/mol. The highest BCUT2D eigenvalue weighted by molar-refractivity contribution is 9.10. The van der Waals surface area contributed by atoms with Crippen LogP contribution in [0, 0.1) is 11.3 Å². The van der Waals surface area contributed by atoms with Gasteiger partial charge in [0.05, 0.1) is 11.6 Å². The summed E-state index contributed by atoms with van der Waals surface area (Å²) in [6.45, 7) is 0. The number of rotatable bonds is 2. The lowest BCUT2D eigenvalue weighted by molar-refractivity contribution is 0.0985. The summed E-state index contributed by atoms with van der Waals surface area (Å²) in [5.41, 5.74) is 1.92. The second-order valence-corrected chi connectivity index (χ2v) is 5.09. The van der Waals surface area contributed by atoms with Crippen LogP contribution in [0.25, 0.3) is 0 Å². The van der Waals surface area contributed by atoms with Crippen molar-refractivity contribution in [2.24, 2.45) is 7.05 Å². The summed E-state index contributed by atoms with van der Waals surface area (Å²) in [5.74, 6) is -0.0992. The Kier molecular flexibility index (Phi) is 3.72. The molecule has 0 radical (unpaired) electrons. The Hall–Kier alpha value is -2.06. The number of aromatic nitrogens is 1. The number of benzene rings is 1. The molecule has 0 unspecified atom stereocenters. The van der Waals surface area contributed by atoms with Crippen molar-refractivity contribution >= 4 is 27.5 Å². The second kappa shape index (κ2) is 5.29. The molecule has 0 aliphatic rings. The van der Waals surface area contributed by atoms with Gasteiger partial charge in [-0.2, -0.15) is 5.26 Å². The minimum atomic E-state index is -0.0992. The fourth-order valence-corrected chi connectivity index (χ4v) is 2.31. The Morgan fingerprint density at radius 2 is 2.00 bits per heavy atom. The van der Waals surface area contributed by atoms with E-state index in [1.165, 1.54) is 0 Å². The highest BCUT2D eigenvalue weighted by atomic mass is 79.9. The van der Waals surface area contributed by atoms with Crippen LogP contribution >= 0.6 is 15.9 Å². The van der Waals surface area contributed by atoms with Crippen LogP contribution in [-0.4, -0.2) is 17.5 Å². The maximum Gasteiger partial charge on any atom is 0.274 e. The summed E-state index contributed by atoms with van der Waals surface area (Å²) in [5, 5.41) is 8.75. The lowest BCUT2D eigenvalue weighted by Gasteiger charge is -2.17. The van der Waals surface area contributed by atoms with E-state index in [1.54, 1.807) is 46.8 Å². The molecule has 4 nitrogen and oxygen atoms in total. The van der Waals surface area contributed by atoms with Crippen LogP contribution in [0.1, 0.15) is 16.1 Å². The fraction of sp³-hybridized carbons (Fsp3) is 0.143. The van der Waals surface area contributed by atoms with Crippen molar-refractivity contribution in [2.45, 2.75) is 0 Å². The Morgan fingerprint density at radius 1 is 1.37 bits per heavy atom. The largest absolute Gasteiger partial charge is 0.345 e. The number of hydrogen-bond acceptors (Lipinski definition) is 2. The van der Waals surface area contributed by atoms with Gasteiger partial charge < -0.3 is 9.47 Å². The van der Waals surface area contributed by atoms with Crippen LogP contribution in [0.5, 0.6) is 0 Å². The maximum absolute atomic E-state index is 12.4. The molecule has 0 aliphatic carbocycles. The molecule has 0 fully saturated rings. The van der Waals surface area contributed by atoms with Crippen molar-refractivity contribution in [3.05, 3.63) is 52.3 Å². The second-order valence-electron chi connectivity index (χ2n) is 4.18. The minimum absolute atomic E-state index is 0.0992. The monoisotopic (exact) mass is 317 g/mol. The number of aryl methyl sites for hydroxylation is 1. The standard InChI is InChI=1S/C14H12BrN3O/c1-17-9-11(15)7-13(17)14(19)18(2)12-5-3-10(8-16)4-6-12/h3-7,9H,1-2H3. The molecule has 0 spiro atoms. The van der Waals surface area contributed by atoms with Gasteiger partial charge in [0.25, 0.3) is 5.91 Å². The number of nitriles is 1. The minimum Gasteiger partial charge on any atom is -0.345 e. The van der Waals surface area contributed by atoms with Gasteiger partial charge in [-0.25, -0.2) is 0 Å². The van der Waals surface area contributed by atoms with Gasteiger partial charge >= 0.3 is 0 Å². The number of hydrogen-bond donors (Lipinski definition) is 0. The smallest absolute Gasteiger partial charge is 0.274 e. The van der Waals surface area contributed by atoms with Gasteiger partial charge in [-0.3, -0.25) is 4.79 Å². The lowest BCUT2D eigenvalue weighted by Crippen LogP contribution is -2.27. The number of halogens is 1. The third-order valence-electron chi connectivity index (χ3n) is 2.88. The number of carbonyl (C=O) groups excluding carboxylic acids is 1. The van der Waals surface area contributed by atoms with Gasteiger partial charge in [-0.1, -0.05) is 0 Å². The van der Waals surface area contributed by atoms with Crippen molar-refractivity contribution in [1.82, 2.24) is 4.57 Å². The van der Waals surface area contributed by atoms with E-state index in [1.807, 2.05) is 13.2 Å². The molecular weight excluding hydrogens is 306 g/mol. The third-order valence-corrected chi connectivity index (χ3v) is 3.31. The molecule has 0 aliphatic heterocycles. The first-order valence-electron chi connectivity index (χ1n) is 5.63. The fourth-order valence-electron chi connectivity index (χ4n) is 1.79. The Bertz CT molecular complexity index is 652. The average Bonchev–Trinajstić information content (AvgIpc) is 2.76. The molecule has 1 aromatic heterocycles. The Balaban J connectivity index is 2.28. The van der Waals surface area contributed by atoms with E-state index in [9.17, 15) is 4.79 Å². The molecule has 2 rings (SSSR count). The number of anilines is 1. The first-order chi connectivity index (χ1) is 9.02. The van der Waals surface area contributed by atoms with E-state index >= 15 is 0 Å². The van der Waals surface area contributed by atoms with Crippen molar-refractivity contribution < 1.29 is 4.79 Å². The van der Waals surface area contributed by atoms with E-state index in [-0.39, 0.29) is 5.91 Å². The van der Waals surface area contributed by atoms with Crippen LogP contribution in [-0.2, 0) is 7.05 Å². The zero-order valence-corrected chi connectivity index (χ0v) is 12.2. The van der Waals surface area contributed by atoms with Crippen molar-refractivity contribution in [1.29, 1.82) is 5.26 Å². The van der Waals surface area contributed by atoms with Gasteiger partial charge in [-0.15, -0.1) is 0 Å². The molecule has 2 aromatic rings. The van der Waals surface area contributed by atoms with Gasteiger partial charge in [0.1, 0.15) is 5.69 Å². The summed E-state index contributed by atoms with van der Waals surface area (Å²) >= 11 is 3.35. The molecule has 0 atom stereocenters. The van der Waals surface area contributed by atoms with Gasteiger partial charge in [0.15, 0.2) is 0 Å². The zero-order chi connectivity index (χ0) is 14.0. The molecule has 0 saturated heterocycles. The summed E-state index contributed by atoms with van der Waals surface area (Å²) in [6.07, 6.45) is 1.83. The predicted octanol–water partition coefficient (Wildman–Crippen LogP) is 2.94. The van der Waals surface area contributed by atoms with Crippen molar-refractivity contribution in [3.63, 3.8) is 0 Å². The maximum atomic E-state index is 12.4. The number of amides is 1. The van der Waals surface area contributed by atoms with Gasteiger partial charge in [-0.05, 0) is 46.3 Å². The van der Waals surface area contributed by atoms with Gasteiger partial charge in [0, 0.05) is 30.5 Å². The predicted molar refractivity (Wildman–Crippen MR) is 77.0 cm³/mol. The Morgan fingerprint density at radius 3 is 2.47 bits per heavy atom. The zero-order valence-electron chi connectivity index (χ0n) is 10.6. The number of carbonyl (C=O) groups is 1. The number of nitrogens with zero attached hydrogens (tertiary/aromatic N) is 3. The lowest BCUT2D eigenvalue weighted by atomic mass is 10.2. The van der Waals surface area contributed by atoms with Crippen LogP contribution in [0.3, 0.4) is 0 Å². The molecule has 0 bridgehead atoms. The van der Waals surface area contributed by atoms with E-state index in [0.29, 0.717) is 11.3 Å². The summed E-state index contributed by atoms with van der Waals surface area (Å²) in [6, 6.07) is 10.7. The Labute approximate surface area is 120 Å². The van der Waals surface area contributed by atoms with E-state index in [2.05, 4.69) is 22.0 Å². The highest BCUT2D eigenvalue weighted by Gasteiger charge is 2.17. The SMILES string of the molecule is CN(C(=O)c1cc(Br)cn1C)c1ccc(C#N)cc1. The first kappa shape index (κ1) is 13.4. The third kappa shape index (κ3) is 2.69. The molecule has 1 heterocycles. The molecule has 1 aromatic carbocycles. The molecule has 1 amide bonds. The van der Waals surface area contributed by atoms with Crippen molar-refractivity contribution in [3.8, 4) is 6.07 Å². The molecule has 19 heavy (non-hydrogen) atoms. The molecule has 96 valence electrons. The molecule has 5 heteroatoms. The van der Waals surface area contributed by atoms with E-state index in [0.717, 1.165) is 10.2 Å². The molecule has 0 saturated carbocycles. The molecule has 0 N–H and O–H groups in total. The summed E-state index contributed by atoms with van der Waals surface area (Å²) in [7, 11) is 3.54. The molecular formula is C14H12BrN3O. The van der Waals surface area contributed by atoms with Crippen molar-refractivity contribution in [2.75, 3.05) is 11.9 Å². The van der Waals surface area contributed by atoms with E-state index in [4.69, 9.17) is 5.26 Å². The van der Waals surface area contributed by atoms with E-state index < -0.39 is 0 Å². The highest BCUT2D eigenvalue weighted by Crippen LogP contribution is 2.19.